The number of carboxylic acid groups (broad SMARTS) is 2. The van der Waals surface area contributed by atoms with Crippen molar-refractivity contribution in [2.45, 2.75) is 167 Å². The molecule has 21 unspecified atom stereocenters. The first kappa shape index (κ1) is 44.9. The zero-order valence-electron chi connectivity index (χ0n) is 34.6. The molecule has 7 rings (SSSR count). The molecule has 2 aliphatic heterocycles. The molecule has 5 aliphatic carbocycles. The molecule has 0 aromatic heterocycles. The third-order valence-corrected chi connectivity index (χ3v) is 17.4. The van der Waals surface area contributed by atoms with E-state index in [4.69, 9.17) is 18.9 Å². The average Bonchev–Trinajstić information content (AvgIpc) is 3.17. The Hall–Kier alpha value is -2.13. The van der Waals surface area contributed by atoms with Gasteiger partial charge in [0.1, 0.15) is 48.5 Å². The summed E-state index contributed by atoms with van der Waals surface area (Å²) in [5.74, 6) is -3.65. The lowest BCUT2D eigenvalue weighted by molar-refractivity contribution is -0.376. The zero-order chi connectivity index (χ0) is 43.6. The fourth-order valence-electron chi connectivity index (χ4n) is 13.6. The van der Waals surface area contributed by atoms with Crippen LogP contribution in [0.5, 0.6) is 0 Å². The fraction of sp³-hybridized carbons (Fsp3) is 0.881. The maximum atomic E-state index is 13.8. The molecule has 17 heteroatoms. The summed E-state index contributed by atoms with van der Waals surface area (Å²) in [5, 5.41) is 107. The number of carbonyl (C=O) groups excluding carboxylic acids is 1. The van der Waals surface area contributed by atoms with Crippen molar-refractivity contribution < 1.29 is 84.4 Å². The van der Waals surface area contributed by atoms with Gasteiger partial charge in [-0.1, -0.05) is 46.3 Å². The second kappa shape index (κ2) is 15.0. The number of fused-ring (bicyclic) bond motifs is 7. The van der Waals surface area contributed by atoms with Crippen molar-refractivity contribution in [2.75, 3.05) is 13.2 Å². The number of hydrogen-bond acceptors (Lipinski definition) is 15. The molecule has 0 amide bonds. The summed E-state index contributed by atoms with van der Waals surface area (Å²) in [5.41, 5.74) is -3.66. The second-order valence-corrected chi connectivity index (χ2v) is 20.4. The van der Waals surface area contributed by atoms with Gasteiger partial charge in [-0.05, 0) is 80.0 Å². The van der Waals surface area contributed by atoms with Crippen LogP contribution in [0.2, 0.25) is 0 Å². The summed E-state index contributed by atoms with van der Waals surface area (Å²) in [7, 11) is 0. The first-order valence-electron chi connectivity index (χ1n) is 21.0. The Morgan fingerprint density at radius 3 is 2.08 bits per heavy atom. The Morgan fingerprint density at radius 1 is 0.797 bits per heavy atom. The smallest absolute Gasteiger partial charge is 0.335 e. The highest BCUT2D eigenvalue weighted by Crippen LogP contribution is 2.75. The van der Waals surface area contributed by atoms with Crippen molar-refractivity contribution in [1.29, 1.82) is 0 Å². The van der Waals surface area contributed by atoms with Crippen LogP contribution in [0, 0.1) is 50.2 Å². The van der Waals surface area contributed by atoms with Gasteiger partial charge in [-0.2, -0.15) is 0 Å². The first-order chi connectivity index (χ1) is 27.4. The van der Waals surface area contributed by atoms with E-state index in [0.717, 1.165) is 5.57 Å². The van der Waals surface area contributed by atoms with Gasteiger partial charge in [0.05, 0.1) is 30.8 Å². The lowest BCUT2D eigenvalue weighted by atomic mass is 9.33. The molecule has 21 atom stereocenters. The summed E-state index contributed by atoms with van der Waals surface area (Å²) in [6.07, 6.45) is -14.5. The van der Waals surface area contributed by atoms with Gasteiger partial charge < -0.3 is 70.0 Å². The van der Waals surface area contributed by atoms with Gasteiger partial charge in [-0.3, -0.25) is 9.59 Å². The number of carboxylic acids is 2. The van der Waals surface area contributed by atoms with Gasteiger partial charge in [0.25, 0.3) is 0 Å². The standard InChI is InChI=1S/C42H64O17/c1-37(36(54)55)14-19-18-13-20(45)32-39(3)9-8-24(40(4,17-44)22(39)7-10-42(32,6)41(18,5)12-11-38(19,2)23(46)15-37)57-35-31(28(50)27(49)30(58-35)33(52)53)59-34-29(51)26(48)25(47)21(16-43)56-34/h13,19-22,24-32,34-35,43-45,47-51H,7-12,14-17H2,1-6H3,(H,52,53)(H,54,55). The number of ether oxygens (including phenoxy) is 4. The van der Waals surface area contributed by atoms with Gasteiger partial charge in [0.2, 0.25) is 0 Å². The van der Waals surface area contributed by atoms with E-state index in [1.165, 1.54) is 0 Å². The van der Waals surface area contributed by atoms with E-state index in [9.17, 15) is 65.4 Å². The Morgan fingerprint density at radius 2 is 1.47 bits per heavy atom. The SMILES string of the molecule is CC1(C(=O)O)CC(=O)C2(C)CCC3(C)C(=CC(O)C4C5(C)CCC(OC6OC(C(=O)O)C(O)C(O)C6OC6OC(CO)C(O)C(O)C6O)C(C)(CO)C5CCC43C)C2C1. The van der Waals surface area contributed by atoms with Crippen molar-refractivity contribution in [2.24, 2.45) is 50.2 Å². The highest BCUT2D eigenvalue weighted by atomic mass is 16.8. The fourth-order valence-corrected chi connectivity index (χ4v) is 13.6. The van der Waals surface area contributed by atoms with Crippen LogP contribution < -0.4 is 0 Å². The van der Waals surface area contributed by atoms with E-state index in [1.54, 1.807) is 6.92 Å². The molecule has 2 heterocycles. The number of aliphatic hydroxyl groups excluding tert-OH is 8. The molecule has 334 valence electrons. The molecule has 0 aromatic rings. The van der Waals surface area contributed by atoms with Crippen LogP contribution in [0.4, 0.5) is 0 Å². The number of carbonyl (C=O) groups is 3. The summed E-state index contributed by atoms with van der Waals surface area (Å²) in [4.78, 5) is 38.5. The molecular weight excluding hydrogens is 776 g/mol. The summed E-state index contributed by atoms with van der Waals surface area (Å²) in [6.45, 7) is 10.8. The van der Waals surface area contributed by atoms with Gasteiger partial charge >= 0.3 is 11.9 Å². The maximum absolute atomic E-state index is 13.8. The summed E-state index contributed by atoms with van der Waals surface area (Å²) >= 11 is 0. The lowest BCUT2D eigenvalue weighted by Crippen LogP contribution is -2.69. The van der Waals surface area contributed by atoms with Crippen LogP contribution in [0.3, 0.4) is 0 Å². The highest BCUT2D eigenvalue weighted by Gasteiger charge is 2.72. The van der Waals surface area contributed by atoms with E-state index in [2.05, 4.69) is 20.8 Å². The zero-order valence-corrected chi connectivity index (χ0v) is 34.6. The minimum atomic E-state index is -2.04. The highest BCUT2D eigenvalue weighted by molar-refractivity contribution is 5.92. The summed E-state index contributed by atoms with van der Waals surface area (Å²) < 4.78 is 23.6. The molecule has 10 N–H and O–H groups in total. The molecule has 7 aliphatic rings. The normalized spacial score (nSPS) is 54.8. The van der Waals surface area contributed by atoms with Crippen LogP contribution in [0.25, 0.3) is 0 Å². The number of Topliss-reactive ketones (excluding diaryl/α,β-unsaturated/α-hetero) is 1. The predicted molar refractivity (Wildman–Crippen MR) is 202 cm³/mol. The van der Waals surface area contributed by atoms with Crippen LogP contribution >= 0.6 is 0 Å². The number of aliphatic hydroxyl groups is 8. The van der Waals surface area contributed by atoms with Gasteiger partial charge in [-0.15, -0.1) is 0 Å². The Bertz CT molecular complexity index is 1710. The number of hydrogen-bond donors (Lipinski definition) is 10. The van der Waals surface area contributed by atoms with Crippen LogP contribution in [0.1, 0.15) is 92.9 Å². The minimum Gasteiger partial charge on any atom is -0.481 e. The number of allylic oxidation sites excluding steroid dienone is 1. The number of rotatable bonds is 8. The largest absolute Gasteiger partial charge is 0.481 e. The van der Waals surface area contributed by atoms with E-state index >= 15 is 0 Å². The molecule has 59 heavy (non-hydrogen) atoms. The van der Waals surface area contributed by atoms with Crippen LogP contribution in [-0.4, -0.2) is 156 Å². The van der Waals surface area contributed by atoms with E-state index in [0.29, 0.717) is 38.5 Å². The maximum Gasteiger partial charge on any atom is 0.335 e. The van der Waals surface area contributed by atoms with Crippen molar-refractivity contribution in [3.8, 4) is 0 Å². The van der Waals surface area contributed by atoms with Crippen molar-refractivity contribution in [3.05, 3.63) is 11.6 Å². The Labute approximate surface area is 343 Å². The molecule has 0 radical (unpaired) electrons. The summed E-state index contributed by atoms with van der Waals surface area (Å²) in [6, 6.07) is 0. The molecule has 0 aromatic carbocycles. The molecule has 0 bridgehead atoms. The first-order valence-corrected chi connectivity index (χ1v) is 21.0. The minimum absolute atomic E-state index is 0.0342. The lowest BCUT2D eigenvalue weighted by Gasteiger charge is -2.72. The average molecular weight is 841 g/mol. The van der Waals surface area contributed by atoms with Gasteiger partial charge in [-0.25, -0.2) is 4.79 Å². The monoisotopic (exact) mass is 840 g/mol. The number of ketones is 1. The van der Waals surface area contributed by atoms with Gasteiger partial charge in [0.15, 0.2) is 18.7 Å². The quantitative estimate of drug-likeness (QED) is 0.115. The van der Waals surface area contributed by atoms with Crippen molar-refractivity contribution >= 4 is 17.7 Å². The van der Waals surface area contributed by atoms with Crippen molar-refractivity contribution in [1.82, 2.24) is 0 Å². The second-order valence-electron chi connectivity index (χ2n) is 20.4. The predicted octanol–water partition coefficient (Wildman–Crippen LogP) is 0.0965. The molecule has 2 saturated heterocycles. The topological polar surface area (TPSA) is 290 Å². The van der Waals surface area contributed by atoms with Crippen LogP contribution in [-0.2, 0) is 33.3 Å². The molecule has 17 nitrogen and oxygen atoms in total. The molecule has 0 spiro atoms. The third kappa shape index (κ3) is 6.42. The van der Waals surface area contributed by atoms with Crippen LogP contribution in [0.15, 0.2) is 11.6 Å². The van der Waals surface area contributed by atoms with E-state index in [-0.39, 0.29) is 36.4 Å². The Kier molecular flexibility index (Phi) is 11.4. The van der Waals surface area contributed by atoms with Gasteiger partial charge in [0, 0.05) is 23.2 Å². The molecule has 4 saturated carbocycles. The number of aliphatic carboxylic acids is 2. The Balaban J connectivity index is 1.20. The van der Waals surface area contributed by atoms with E-state index in [1.807, 2.05) is 19.9 Å². The molecular formula is C42H64O17. The molecule has 6 fully saturated rings. The van der Waals surface area contributed by atoms with E-state index < -0.39 is 131 Å². The third-order valence-electron chi connectivity index (χ3n) is 17.4. The van der Waals surface area contributed by atoms with Crippen molar-refractivity contribution in [3.63, 3.8) is 0 Å².